The average Bonchev–Trinajstić information content (AvgIpc) is 2.33. The molecule has 0 bridgehead atoms. The van der Waals surface area contributed by atoms with Crippen LogP contribution in [0.15, 0.2) is 0 Å². The van der Waals surface area contributed by atoms with Crippen LogP contribution in [0.4, 0.5) is 0 Å². The lowest BCUT2D eigenvalue weighted by Gasteiger charge is -2.15. The predicted octanol–water partition coefficient (Wildman–Crippen LogP) is 0.0968. The molecule has 1 atom stereocenters. The van der Waals surface area contributed by atoms with Crippen LogP contribution in [0.1, 0.15) is 13.3 Å². The van der Waals surface area contributed by atoms with E-state index in [1.165, 1.54) is 5.06 Å². The summed E-state index contributed by atoms with van der Waals surface area (Å²) in [6.45, 7) is 3.04. The van der Waals surface area contributed by atoms with Gasteiger partial charge in [-0.1, -0.05) is 6.92 Å². The Morgan fingerprint density at radius 1 is 1.90 bits per heavy atom. The average molecular weight is 145 g/mol. The molecule has 4 heteroatoms. The van der Waals surface area contributed by atoms with Gasteiger partial charge in [0.25, 0.3) is 0 Å². The Bertz CT molecular complexity index is 137. The van der Waals surface area contributed by atoms with E-state index in [2.05, 4.69) is 0 Å². The summed E-state index contributed by atoms with van der Waals surface area (Å²) in [5.74, 6) is -0.792. The minimum absolute atomic E-state index is 0.426. The molecule has 0 radical (unpaired) electrons. The zero-order valence-corrected chi connectivity index (χ0v) is 5.91. The van der Waals surface area contributed by atoms with E-state index >= 15 is 0 Å². The fraction of sp³-hybridized carbons (Fsp3) is 0.833. The van der Waals surface area contributed by atoms with Crippen molar-refractivity contribution in [1.82, 2.24) is 5.06 Å². The smallest absolute Gasteiger partial charge is 0.323 e. The number of hydrogen-bond acceptors (Lipinski definition) is 3. The summed E-state index contributed by atoms with van der Waals surface area (Å²) in [5.41, 5.74) is 0. The van der Waals surface area contributed by atoms with E-state index < -0.39 is 12.0 Å². The number of nitrogens with zero attached hydrogens (tertiary/aromatic N) is 1. The van der Waals surface area contributed by atoms with Crippen LogP contribution < -0.4 is 0 Å². The van der Waals surface area contributed by atoms with Crippen molar-refractivity contribution in [2.75, 3.05) is 13.2 Å². The topological polar surface area (TPSA) is 49.8 Å². The van der Waals surface area contributed by atoms with E-state index in [1.54, 1.807) is 0 Å². The molecular weight excluding hydrogens is 134 g/mol. The molecule has 1 saturated heterocycles. The van der Waals surface area contributed by atoms with E-state index in [9.17, 15) is 4.79 Å². The second-order valence-electron chi connectivity index (χ2n) is 2.21. The van der Waals surface area contributed by atoms with Gasteiger partial charge in [-0.2, -0.15) is 5.06 Å². The quantitative estimate of drug-likeness (QED) is 0.598. The number of likely N-dealkylation sites (N-methyl/N-ethyl adjacent to an activating group) is 1. The maximum atomic E-state index is 10.4. The highest BCUT2D eigenvalue weighted by Crippen LogP contribution is 2.13. The summed E-state index contributed by atoms with van der Waals surface area (Å²) in [5, 5.41) is 10.1. The number of aliphatic carboxylic acids is 1. The molecule has 1 rings (SSSR count). The van der Waals surface area contributed by atoms with Crippen molar-refractivity contribution >= 4 is 5.97 Å². The summed E-state index contributed by atoms with van der Waals surface area (Å²) >= 11 is 0. The summed E-state index contributed by atoms with van der Waals surface area (Å²) in [7, 11) is 0. The first-order valence-electron chi connectivity index (χ1n) is 3.38. The monoisotopic (exact) mass is 145 g/mol. The Balaban J connectivity index is 2.50. The fourth-order valence-electron chi connectivity index (χ4n) is 1.07. The highest BCUT2D eigenvalue weighted by molar-refractivity contribution is 5.73. The van der Waals surface area contributed by atoms with Crippen molar-refractivity contribution < 1.29 is 14.7 Å². The Labute approximate surface area is 59.3 Å². The molecule has 10 heavy (non-hydrogen) atoms. The first-order valence-corrected chi connectivity index (χ1v) is 3.38. The van der Waals surface area contributed by atoms with Gasteiger partial charge in [-0.3, -0.25) is 9.63 Å². The van der Waals surface area contributed by atoms with Gasteiger partial charge in [0.15, 0.2) is 0 Å². The predicted molar refractivity (Wildman–Crippen MR) is 34.4 cm³/mol. The molecule has 1 fully saturated rings. The summed E-state index contributed by atoms with van der Waals surface area (Å²) < 4.78 is 0. The minimum Gasteiger partial charge on any atom is -0.480 e. The summed E-state index contributed by atoms with van der Waals surface area (Å²) in [6, 6.07) is -0.426. The fourth-order valence-corrected chi connectivity index (χ4v) is 1.07. The molecule has 0 aromatic rings. The van der Waals surface area contributed by atoms with Gasteiger partial charge in [0.05, 0.1) is 6.61 Å². The molecule has 1 heterocycles. The van der Waals surface area contributed by atoms with Crippen molar-refractivity contribution in [3.05, 3.63) is 0 Å². The molecule has 0 aromatic heterocycles. The summed E-state index contributed by atoms with van der Waals surface area (Å²) in [4.78, 5) is 15.5. The maximum absolute atomic E-state index is 10.4. The maximum Gasteiger partial charge on any atom is 0.323 e. The summed E-state index contributed by atoms with van der Waals surface area (Å²) in [6.07, 6.45) is 0.600. The Hall–Kier alpha value is -0.610. The number of carbonyl (C=O) groups is 1. The molecule has 0 spiro atoms. The molecule has 0 unspecified atom stereocenters. The Morgan fingerprint density at radius 3 is 3.00 bits per heavy atom. The van der Waals surface area contributed by atoms with Crippen LogP contribution in [-0.4, -0.2) is 35.3 Å². The van der Waals surface area contributed by atoms with Gasteiger partial charge in [-0.25, -0.2) is 0 Å². The lowest BCUT2D eigenvalue weighted by Crippen LogP contribution is -2.34. The van der Waals surface area contributed by atoms with Crippen LogP contribution in [0.5, 0.6) is 0 Å². The molecule has 0 saturated carbocycles. The van der Waals surface area contributed by atoms with E-state index in [0.29, 0.717) is 19.6 Å². The first kappa shape index (κ1) is 7.50. The molecule has 1 aliphatic rings. The van der Waals surface area contributed by atoms with Gasteiger partial charge < -0.3 is 5.11 Å². The van der Waals surface area contributed by atoms with Gasteiger partial charge in [-0.05, 0) is 0 Å². The number of carboxylic acids is 1. The van der Waals surface area contributed by atoms with Crippen molar-refractivity contribution in [3.63, 3.8) is 0 Å². The normalized spacial score (nSPS) is 27.1. The minimum atomic E-state index is -0.792. The zero-order chi connectivity index (χ0) is 7.56. The molecule has 1 N–H and O–H groups in total. The molecule has 1 aliphatic heterocycles. The first-order chi connectivity index (χ1) is 4.75. The zero-order valence-electron chi connectivity index (χ0n) is 5.91. The Kier molecular flexibility index (Phi) is 2.24. The lowest BCUT2D eigenvalue weighted by molar-refractivity contribution is -0.164. The Morgan fingerprint density at radius 2 is 2.60 bits per heavy atom. The molecular formula is C6H11NO3. The van der Waals surface area contributed by atoms with E-state index in [-0.39, 0.29) is 0 Å². The van der Waals surface area contributed by atoms with E-state index in [4.69, 9.17) is 9.94 Å². The second-order valence-corrected chi connectivity index (χ2v) is 2.21. The number of hydrogen-bond donors (Lipinski definition) is 1. The van der Waals surface area contributed by atoms with Crippen molar-refractivity contribution in [2.45, 2.75) is 19.4 Å². The van der Waals surface area contributed by atoms with Crippen LogP contribution in [0.25, 0.3) is 0 Å². The number of hydroxylamine groups is 2. The van der Waals surface area contributed by atoms with Crippen LogP contribution in [0, 0.1) is 0 Å². The third-order valence-corrected chi connectivity index (χ3v) is 1.59. The van der Waals surface area contributed by atoms with Gasteiger partial charge in [-0.15, -0.1) is 0 Å². The van der Waals surface area contributed by atoms with Gasteiger partial charge >= 0.3 is 5.97 Å². The molecule has 58 valence electrons. The molecule has 0 amide bonds. The van der Waals surface area contributed by atoms with Gasteiger partial charge in [0, 0.05) is 13.0 Å². The van der Waals surface area contributed by atoms with Crippen LogP contribution in [0.2, 0.25) is 0 Å². The number of carboxylic acid groups (broad SMARTS) is 1. The van der Waals surface area contributed by atoms with Crippen LogP contribution >= 0.6 is 0 Å². The molecule has 0 aliphatic carbocycles. The van der Waals surface area contributed by atoms with Crippen molar-refractivity contribution in [1.29, 1.82) is 0 Å². The molecule has 4 nitrogen and oxygen atoms in total. The third kappa shape index (κ3) is 1.27. The molecule has 0 aromatic carbocycles. The van der Waals surface area contributed by atoms with E-state index in [1.807, 2.05) is 6.92 Å². The van der Waals surface area contributed by atoms with Crippen molar-refractivity contribution in [2.24, 2.45) is 0 Å². The standard InChI is InChI=1S/C6H11NO3/c1-2-7-5(6(8)9)3-4-10-7/h5H,2-4H2,1H3,(H,8,9)/t5-/m0/s1. The van der Waals surface area contributed by atoms with Gasteiger partial charge in [0.2, 0.25) is 0 Å². The lowest BCUT2D eigenvalue weighted by atomic mass is 10.2. The second kappa shape index (κ2) is 2.98. The van der Waals surface area contributed by atoms with Crippen molar-refractivity contribution in [3.8, 4) is 0 Å². The van der Waals surface area contributed by atoms with Crippen LogP contribution in [-0.2, 0) is 9.63 Å². The third-order valence-electron chi connectivity index (χ3n) is 1.59. The van der Waals surface area contributed by atoms with E-state index in [0.717, 1.165) is 0 Å². The highest BCUT2D eigenvalue weighted by atomic mass is 16.7. The highest BCUT2D eigenvalue weighted by Gasteiger charge is 2.30. The SMILES string of the molecule is CCN1OCC[C@H]1C(=O)O. The van der Waals surface area contributed by atoms with Crippen LogP contribution in [0.3, 0.4) is 0 Å². The van der Waals surface area contributed by atoms with Gasteiger partial charge in [0.1, 0.15) is 6.04 Å². The number of rotatable bonds is 2. The largest absolute Gasteiger partial charge is 0.480 e.